The second kappa shape index (κ2) is 4.44. The molecule has 0 fully saturated rings. The molecular weight excluding hydrogens is 254 g/mol. The average molecular weight is 265 g/mol. The fourth-order valence-corrected chi connectivity index (χ4v) is 1.65. The van der Waals surface area contributed by atoms with Crippen molar-refractivity contribution in [2.24, 2.45) is 0 Å². The van der Waals surface area contributed by atoms with Gasteiger partial charge in [-0.05, 0) is 6.07 Å². The predicted octanol–water partition coefficient (Wildman–Crippen LogP) is -0.469. The number of nitrogen functional groups attached to an aromatic ring is 1. The van der Waals surface area contributed by atoms with Gasteiger partial charge in [0.05, 0.1) is 11.9 Å². The molecule has 2 aromatic rings. The van der Waals surface area contributed by atoms with Gasteiger partial charge in [-0.3, -0.25) is 4.79 Å². The van der Waals surface area contributed by atoms with E-state index in [4.69, 9.17) is 15.9 Å². The monoisotopic (exact) mass is 265 g/mol. The van der Waals surface area contributed by atoms with Gasteiger partial charge in [0, 0.05) is 7.05 Å². The summed E-state index contributed by atoms with van der Waals surface area (Å²) in [6.45, 7) is -0.269. The molecule has 0 aliphatic rings. The second-order valence-electron chi connectivity index (χ2n) is 3.91. The normalized spacial score (nSPS) is 10.6. The average Bonchev–Trinajstić information content (AvgIpc) is 2.66. The number of pyridine rings is 1. The van der Waals surface area contributed by atoms with Gasteiger partial charge in [-0.1, -0.05) is 0 Å². The van der Waals surface area contributed by atoms with Gasteiger partial charge < -0.3 is 20.8 Å². The van der Waals surface area contributed by atoms with Crippen LogP contribution in [0.3, 0.4) is 0 Å². The largest absolute Gasteiger partial charge is 0.480 e. The summed E-state index contributed by atoms with van der Waals surface area (Å²) in [6.07, 6.45) is 1.47. The van der Waals surface area contributed by atoms with E-state index >= 15 is 0 Å². The highest BCUT2D eigenvalue weighted by atomic mass is 16.4. The van der Waals surface area contributed by atoms with Crippen LogP contribution in [-0.4, -0.2) is 50.3 Å². The lowest BCUT2D eigenvalue weighted by Gasteiger charge is -2.17. The molecule has 2 heterocycles. The van der Waals surface area contributed by atoms with E-state index in [-0.39, 0.29) is 23.7 Å². The zero-order valence-electron chi connectivity index (χ0n) is 9.94. The van der Waals surface area contributed by atoms with E-state index < -0.39 is 11.9 Å². The van der Waals surface area contributed by atoms with Crippen molar-refractivity contribution in [2.45, 2.75) is 0 Å². The third-order valence-corrected chi connectivity index (χ3v) is 2.48. The van der Waals surface area contributed by atoms with Crippen LogP contribution in [0.2, 0.25) is 0 Å². The summed E-state index contributed by atoms with van der Waals surface area (Å²) in [5.74, 6) is -2.28. The van der Waals surface area contributed by atoms with Crippen molar-refractivity contribution < 1.29 is 19.8 Å². The molecule has 0 aliphatic carbocycles. The molecule has 2 rings (SSSR count). The number of anilines is 2. The van der Waals surface area contributed by atoms with Crippen molar-refractivity contribution in [3.05, 3.63) is 17.8 Å². The summed E-state index contributed by atoms with van der Waals surface area (Å²) in [6, 6.07) is 1.33. The molecular formula is C10H11N5O4. The third-order valence-electron chi connectivity index (χ3n) is 2.48. The first kappa shape index (κ1) is 12.6. The summed E-state index contributed by atoms with van der Waals surface area (Å²) < 4.78 is 1.21. The van der Waals surface area contributed by atoms with Crippen molar-refractivity contribution in [1.29, 1.82) is 0 Å². The lowest BCUT2D eigenvalue weighted by Crippen LogP contribution is -2.25. The summed E-state index contributed by atoms with van der Waals surface area (Å²) in [5, 5.41) is 21.7. The fraction of sp³-hybridized carbons (Fsp3) is 0.200. The van der Waals surface area contributed by atoms with Crippen LogP contribution in [0.15, 0.2) is 12.3 Å². The molecule has 9 nitrogen and oxygen atoms in total. The molecule has 4 N–H and O–H groups in total. The molecule has 0 saturated carbocycles. The van der Waals surface area contributed by atoms with E-state index in [0.29, 0.717) is 5.69 Å². The van der Waals surface area contributed by atoms with Gasteiger partial charge in [0.2, 0.25) is 5.95 Å². The van der Waals surface area contributed by atoms with Crippen LogP contribution < -0.4 is 10.6 Å². The minimum atomic E-state index is -1.19. The van der Waals surface area contributed by atoms with Crippen LogP contribution in [0.1, 0.15) is 10.4 Å². The lowest BCUT2D eigenvalue weighted by molar-refractivity contribution is -0.135. The van der Waals surface area contributed by atoms with E-state index in [1.807, 2.05) is 0 Å². The first-order valence-electron chi connectivity index (χ1n) is 5.20. The van der Waals surface area contributed by atoms with Crippen LogP contribution in [-0.2, 0) is 4.79 Å². The SMILES string of the molecule is CN(CC(=O)O)c1cc(C(=O)O)c2nc(N)nn2c1. The van der Waals surface area contributed by atoms with E-state index in [1.54, 1.807) is 0 Å². The number of aromatic nitrogens is 3. The maximum Gasteiger partial charge on any atom is 0.339 e. The zero-order chi connectivity index (χ0) is 14.2. The van der Waals surface area contributed by atoms with Gasteiger partial charge in [-0.15, -0.1) is 5.10 Å². The number of carboxylic acid groups (broad SMARTS) is 2. The second-order valence-corrected chi connectivity index (χ2v) is 3.91. The van der Waals surface area contributed by atoms with Crippen LogP contribution >= 0.6 is 0 Å². The Kier molecular flexibility index (Phi) is 2.95. The number of nitrogens with zero attached hydrogens (tertiary/aromatic N) is 4. The number of carboxylic acids is 2. The molecule has 0 spiro atoms. The molecule has 0 unspecified atom stereocenters. The number of aromatic carboxylic acids is 1. The van der Waals surface area contributed by atoms with Gasteiger partial charge >= 0.3 is 11.9 Å². The van der Waals surface area contributed by atoms with Gasteiger partial charge in [-0.25, -0.2) is 9.31 Å². The van der Waals surface area contributed by atoms with Crippen molar-refractivity contribution in [3.8, 4) is 0 Å². The predicted molar refractivity (Wildman–Crippen MR) is 65.3 cm³/mol. The minimum absolute atomic E-state index is 0.0551. The van der Waals surface area contributed by atoms with Crippen LogP contribution in [0, 0.1) is 0 Å². The number of hydrogen-bond donors (Lipinski definition) is 3. The van der Waals surface area contributed by atoms with Gasteiger partial charge in [0.25, 0.3) is 0 Å². The highest BCUT2D eigenvalue weighted by Gasteiger charge is 2.16. The number of likely N-dealkylation sites (N-methyl/N-ethyl adjacent to an activating group) is 1. The molecule has 100 valence electrons. The van der Waals surface area contributed by atoms with Crippen LogP contribution in [0.25, 0.3) is 5.65 Å². The molecule has 0 aliphatic heterocycles. The molecule has 19 heavy (non-hydrogen) atoms. The van der Waals surface area contributed by atoms with Crippen molar-refractivity contribution >= 4 is 29.2 Å². The minimum Gasteiger partial charge on any atom is -0.480 e. The molecule has 0 atom stereocenters. The number of rotatable bonds is 4. The fourth-order valence-electron chi connectivity index (χ4n) is 1.65. The van der Waals surface area contributed by atoms with E-state index in [9.17, 15) is 9.59 Å². The molecule has 0 aromatic carbocycles. The number of nitrogens with two attached hydrogens (primary N) is 1. The Hall–Kier alpha value is -2.84. The quantitative estimate of drug-likeness (QED) is 0.675. The topological polar surface area (TPSA) is 134 Å². The summed E-state index contributed by atoms with van der Waals surface area (Å²) >= 11 is 0. The zero-order valence-corrected chi connectivity index (χ0v) is 9.94. The Morgan fingerprint density at radius 2 is 2.16 bits per heavy atom. The van der Waals surface area contributed by atoms with Crippen LogP contribution in [0.4, 0.5) is 11.6 Å². The van der Waals surface area contributed by atoms with E-state index in [2.05, 4.69) is 10.1 Å². The molecule has 9 heteroatoms. The molecule has 0 bridgehead atoms. The third kappa shape index (κ3) is 2.39. The maximum atomic E-state index is 11.2. The lowest BCUT2D eigenvalue weighted by atomic mass is 10.2. The Bertz CT molecular complexity index is 665. The number of fused-ring (bicyclic) bond motifs is 1. The highest BCUT2D eigenvalue weighted by molar-refractivity contribution is 5.95. The smallest absolute Gasteiger partial charge is 0.339 e. The summed E-state index contributed by atoms with van der Waals surface area (Å²) in [5.41, 5.74) is 5.82. The van der Waals surface area contributed by atoms with Crippen molar-refractivity contribution in [3.63, 3.8) is 0 Å². The Morgan fingerprint density at radius 3 is 2.74 bits per heavy atom. The standard InChI is InChI=1S/C10H11N5O4/c1-14(4-7(16)17)5-2-6(9(18)19)8-12-10(11)13-15(8)3-5/h2-3H,4H2,1H3,(H2,11,13)(H,16,17)(H,18,19). The van der Waals surface area contributed by atoms with Crippen molar-refractivity contribution in [1.82, 2.24) is 14.6 Å². The summed E-state index contributed by atoms with van der Waals surface area (Å²) in [7, 11) is 1.53. The molecule has 0 radical (unpaired) electrons. The summed E-state index contributed by atoms with van der Waals surface area (Å²) in [4.78, 5) is 27.0. The number of carbonyl (C=O) groups is 2. The van der Waals surface area contributed by atoms with Gasteiger partial charge in [0.15, 0.2) is 5.65 Å². The van der Waals surface area contributed by atoms with E-state index in [1.165, 1.54) is 28.7 Å². The van der Waals surface area contributed by atoms with Gasteiger partial charge in [0.1, 0.15) is 12.1 Å². The first-order valence-corrected chi connectivity index (χ1v) is 5.20. The Balaban J connectivity index is 2.57. The molecule has 2 aromatic heterocycles. The van der Waals surface area contributed by atoms with Crippen molar-refractivity contribution in [2.75, 3.05) is 24.2 Å². The molecule has 0 saturated heterocycles. The van der Waals surface area contributed by atoms with Crippen LogP contribution in [0.5, 0.6) is 0 Å². The van der Waals surface area contributed by atoms with Gasteiger partial charge in [-0.2, -0.15) is 4.98 Å². The Labute approximate surface area is 106 Å². The highest BCUT2D eigenvalue weighted by Crippen LogP contribution is 2.19. The van der Waals surface area contributed by atoms with E-state index in [0.717, 1.165) is 0 Å². The number of aliphatic carboxylic acids is 1. The number of hydrogen-bond acceptors (Lipinski definition) is 6. The maximum absolute atomic E-state index is 11.2. The molecule has 0 amide bonds. The first-order chi connectivity index (χ1) is 8.88. The Morgan fingerprint density at radius 1 is 1.47 bits per heavy atom.